The van der Waals surface area contributed by atoms with Gasteiger partial charge >= 0.3 is 0 Å². The third-order valence-corrected chi connectivity index (χ3v) is 4.11. The minimum atomic E-state index is -0.160. The van der Waals surface area contributed by atoms with E-state index < -0.39 is 0 Å². The Morgan fingerprint density at radius 1 is 1.24 bits per heavy atom. The van der Waals surface area contributed by atoms with Crippen molar-refractivity contribution < 1.29 is 0 Å². The van der Waals surface area contributed by atoms with Crippen molar-refractivity contribution >= 4 is 11.6 Å². The normalized spacial score (nSPS) is 12.7. The monoisotopic (exact) mass is 307 g/mol. The molecule has 0 amide bonds. The van der Waals surface area contributed by atoms with E-state index >= 15 is 0 Å². The summed E-state index contributed by atoms with van der Waals surface area (Å²) in [7, 11) is 1.91. The number of hydrogen-bond acceptors (Lipinski definition) is 4. The SMILES string of the molecule is CCc1nnc(C)cc1C(N)Cc1c(Cl)c(CC)nn1C. The molecular formula is C15H22ClN5. The molecule has 0 aliphatic carbocycles. The van der Waals surface area contributed by atoms with E-state index in [1.54, 1.807) is 0 Å². The predicted molar refractivity (Wildman–Crippen MR) is 84.4 cm³/mol. The Morgan fingerprint density at radius 3 is 2.48 bits per heavy atom. The number of aryl methyl sites for hydroxylation is 4. The lowest BCUT2D eigenvalue weighted by molar-refractivity contribution is 0.628. The standard InChI is InChI=1S/C15H22ClN5/c1-5-12-10(7-9(3)18-19-12)11(17)8-14-15(16)13(6-2)20-21(14)4/h7,11H,5-6,8,17H2,1-4H3. The highest BCUT2D eigenvalue weighted by molar-refractivity contribution is 6.31. The highest BCUT2D eigenvalue weighted by Crippen LogP contribution is 2.26. The average Bonchev–Trinajstić information content (AvgIpc) is 2.74. The van der Waals surface area contributed by atoms with Crippen LogP contribution in [0.1, 0.15) is 48.2 Å². The smallest absolute Gasteiger partial charge is 0.0850 e. The number of hydrogen-bond donors (Lipinski definition) is 1. The third-order valence-electron chi connectivity index (χ3n) is 3.68. The number of aromatic nitrogens is 4. The number of rotatable bonds is 5. The molecule has 2 rings (SSSR count). The van der Waals surface area contributed by atoms with E-state index in [-0.39, 0.29) is 6.04 Å². The summed E-state index contributed by atoms with van der Waals surface area (Å²) in [4.78, 5) is 0. The topological polar surface area (TPSA) is 69.6 Å². The summed E-state index contributed by atoms with van der Waals surface area (Å²) in [5.74, 6) is 0. The number of nitrogens with zero attached hydrogens (tertiary/aromatic N) is 4. The first kappa shape index (κ1) is 15.9. The molecule has 0 aliphatic rings. The summed E-state index contributed by atoms with van der Waals surface area (Å²) >= 11 is 6.40. The zero-order valence-corrected chi connectivity index (χ0v) is 13.8. The molecule has 21 heavy (non-hydrogen) atoms. The van der Waals surface area contributed by atoms with Gasteiger partial charge in [-0.15, -0.1) is 0 Å². The van der Waals surface area contributed by atoms with Crippen LogP contribution in [0.5, 0.6) is 0 Å². The molecule has 5 nitrogen and oxygen atoms in total. The van der Waals surface area contributed by atoms with Crippen molar-refractivity contribution in [3.63, 3.8) is 0 Å². The van der Waals surface area contributed by atoms with Gasteiger partial charge in [0.05, 0.1) is 27.8 Å². The van der Waals surface area contributed by atoms with Crippen LogP contribution in [0.2, 0.25) is 5.02 Å². The second-order valence-corrected chi connectivity index (χ2v) is 5.61. The largest absolute Gasteiger partial charge is 0.324 e. The fourth-order valence-corrected chi connectivity index (χ4v) is 2.86. The van der Waals surface area contributed by atoms with Crippen molar-refractivity contribution in [2.75, 3.05) is 0 Å². The first-order chi connectivity index (χ1) is 9.97. The van der Waals surface area contributed by atoms with E-state index in [1.165, 1.54) is 0 Å². The van der Waals surface area contributed by atoms with Crippen molar-refractivity contribution in [2.24, 2.45) is 12.8 Å². The van der Waals surface area contributed by atoms with Crippen LogP contribution >= 0.6 is 11.6 Å². The van der Waals surface area contributed by atoms with Gasteiger partial charge in [-0.25, -0.2) is 0 Å². The molecule has 6 heteroatoms. The molecule has 1 unspecified atom stereocenters. The summed E-state index contributed by atoms with van der Waals surface area (Å²) < 4.78 is 1.83. The van der Waals surface area contributed by atoms with Gasteiger partial charge in [0, 0.05) is 19.5 Å². The van der Waals surface area contributed by atoms with Gasteiger partial charge in [-0.2, -0.15) is 15.3 Å². The van der Waals surface area contributed by atoms with Gasteiger partial charge in [0.1, 0.15) is 0 Å². The van der Waals surface area contributed by atoms with Crippen LogP contribution < -0.4 is 5.73 Å². The van der Waals surface area contributed by atoms with Crippen LogP contribution in [-0.4, -0.2) is 20.0 Å². The summed E-state index contributed by atoms with van der Waals surface area (Å²) in [6.45, 7) is 6.03. The molecule has 1 atom stereocenters. The molecule has 0 spiro atoms. The quantitative estimate of drug-likeness (QED) is 0.921. The molecule has 0 saturated heterocycles. The Labute approximate surface area is 130 Å². The van der Waals surface area contributed by atoms with Crippen LogP contribution in [0.3, 0.4) is 0 Å². The average molecular weight is 308 g/mol. The van der Waals surface area contributed by atoms with Gasteiger partial charge in [0.25, 0.3) is 0 Å². The minimum Gasteiger partial charge on any atom is -0.324 e. The molecule has 0 saturated carbocycles. The summed E-state index contributed by atoms with van der Waals surface area (Å²) in [6.07, 6.45) is 2.27. The van der Waals surface area contributed by atoms with Gasteiger partial charge in [-0.1, -0.05) is 25.4 Å². The van der Waals surface area contributed by atoms with Crippen LogP contribution in [0.25, 0.3) is 0 Å². The Balaban J connectivity index is 2.32. The molecule has 0 aromatic carbocycles. The van der Waals surface area contributed by atoms with Crippen molar-refractivity contribution in [1.29, 1.82) is 0 Å². The second-order valence-electron chi connectivity index (χ2n) is 5.24. The zero-order valence-electron chi connectivity index (χ0n) is 13.0. The van der Waals surface area contributed by atoms with Gasteiger partial charge in [0.15, 0.2) is 0 Å². The van der Waals surface area contributed by atoms with E-state index in [1.807, 2.05) is 31.6 Å². The minimum absolute atomic E-state index is 0.160. The van der Waals surface area contributed by atoms with Crippen molar-refractivity contribution in [3.8, 4) is 0 Å². The van der Waals surface area contributed by atoms with E-state index in [0.717, 1.165) is 46.2 Å². The van der Waals surface area contributed by atoms with E-state index in [2.05, 4.69) is 22.2 Å². The van der Waals surface area contributed by atoms with Crippen LogP contribution in [0.15, 0.2) is 6.07 Å². The molecule has 2 aromatic heterocycles. The molecule has 0 bridgehead atoms. The summed E-state index contributed by atoms with van der Waals surface area (Å²) in [5, 5.41) is 13.5. The second kappa shape index (κ2) is 6.54. The van der Waals surface area contributed by atoms with Gasteiger partial charge < -0.3 is 5.73 Å². The molecule has 2 heterocycles. The number of nitrogens with two attached hydrogens (primary N) is 1. The van der Waals surface area contributed by atoms with Gasteiger partial charge in [0.2, 0.25) is 0 Å². The van der Waals surface area contributed by atoms with E-state index in [0.29, 0.717) is 6.42 Å². The fraction of sp³-hybridized carbons (Fsp3) is 0.533. The lowest BCUT2D eigenvalue weighted by Crippen LogP contribution is -2.18. The maximum atomic E-state index is 6.40. The fourth-order valence-electron chi connectivity index (χ4n) is 2.49. The zero-order chi connectivity index (χ0) is 15.6. The van der Waals surface area contributed by atoms with Gasteiger partial charge in [-0.3, -0.25) is 4.68 Å². The Kier molecular flexibility index (Phi) is 4.96. The van der Waals surface area contributed by atoms with Crippen LogP contribution in [-0.2, 0) is 26.3 Å². The molecule has 2 N–H and O–H groups in total. The Bertz CT molecular complexity index is 635. The predicted octanol–water partition coefficient (Wildman–Crippen LogP) is 2.54. The van der Waals surface area contributed by atoms with Crippen molar-refractivity contribution in [3.05, 3.63) is 39.4 Å². The molecule has 0 fully saturated rings. The summed E-state index contributed by atoms with van der Waals surface area (Å²) in [5.41, 5.74) is 11.1. The summed E-state index contributed by atoms with van der Waals surface area (Å²) in [6, 6.07) is 1.85. The molecule has 0 aliphatic heterocycles. The lowest BCUT2D eigenvalue weighted by atomic mass is 9.99. The highest BCUT2D eigenvalue weighted by atomic mass is 35.5. The van der Waals surface area contributed by atoms with Crippen LogP contribution in [0, 0.1) is 6.92 Å². The lowest BCUT2D eigenvalue weighted by Gasteiger charge is -2.15. The first-order valence-corrected chi connectivity index (χ1v) is 7.64. The molecule has 114 valence electrons. The molecule has 2 aromatic rings. The molecular weight excluding hydrogens is 286 g/mol. The van der Waals surface area contributed by atoms with E-state index in [4.69, 9.17) is 17.3 Å². The Morgan fingerprint density at radius 2 is 1.90 bits per heavy atom. The maximum absolute atomic E-state index is 6.40. The van der Waals surface area contributed by atoms with Crippen LogP contribution in [0.4, 0.5) is 0 Å². The number of halogens is 1. The maximum Gasteiger partial charge on any atom is 0.0850 e. The third kappa shape index (κ3) is 3.24. The highest BCUT2D eigenvalue weighted by Gasteiger charge is 2.19. The van der Waals surface area contributed by atoms with E-state index in [9.17, 15) is 0 Å². The van der Waals surface area contributed by atoms with Gasteiger partial charge in [-0.05, 0) is 31.4 Å². The van der Waals surface area contributed by atoms with Crippen molar-refractivity contribution in [1.82, 2.24) is 20.0 Å². The Hall–Kier alpha value is -1.46. The molecule has 0 radical (unpaired) electrons. The first-order valence-electron chi connectivity index (χ1n) is 7.26. The van der Waals surface area contributed by atoms with Crippen molar-refractivity contribution in [2.45, 2.75) is 46.1 Å².